The van der Waals surface area contributed by atoms with E-state index in [1.807, 2.05) is 45.0 Å². The van der Waals surface area contributed by atoms with E-state index in [-0.39, 0.29) is 30.2 Å². The highest BCUT2D eigenvalue weighted by Gasteiger charge is 2.25. The van der Waals surface area contributed by atoms with Gasteiger partial charge in [-0.2, -0.15) is 0 Å². The van der Waals surface area contributed by atoms with Crippen LogP contribution in [-0.2, 0) is 16.1 Å². The molecule has 1 aromatic carbocycles. The summed E-state index contributed by atoms with van der Waals surface area (Å²) in [5, 5.41) is 0. The summed E-state index contributed by atoms with van der Waals surface area (Å²) in [6.45, 7) is 9.64. The molecule has 1 unspecified atom stereocenters. The number of hydrogen-bond donors (Lipinski definition) is 0. The van der Waals surface area contributed by atoms with Crippen LogP contribution >= 0.6 is 0 Å². The number of fused-ring (bicyclic) bond motifs is 1. The monoisotopic (exact) mass is 398 g/mol. The molecule has 3 rings (SSSR count). The van der Waals surface area contributed by atoms with Gasteiger partial charge in [-0.1, -0.05) is 32.0 Å². The van der Waals surface area contributed by atoms with Crippen molar-refractivity contribution in [2.24, 2.45) is 5.92 Å². The molecule has 2 heterocycles. The number of imidazole rings is 1. The van der Waals surface area contributed by atoms with Crippen molar-refractivity contribution in [2.75, 3.05) is 6.61 Å². The number of carbonyl (C=O) groups excluding carboxylic acids is 1. The second-order valence-corrected chi connectivity index (χ2v) is 7.47. The van der Waals surface area contributed by atoms with Crippen LogP contribution in [0.4, 0.5) is 0 Å². The van der Waals surface area contributed by atoms with Gasteiger partial charge in [-0.25, -0.2) is 19.1 Å². The zero-order valence-electron chi connectivity index (χ0n) is 17.4. The van der Waals surface area contributed by atoms with Crippen molar-refractivity contribution in [3.8, 4) is 5.69 Å². The van der Waals surface area contributed by atoms with Crippen LogP contribution in [0.15, 0.2) is 40.2 Å². The molecule has 0 aliphatic rings. The number of nitrogens with zero attached hydrogens (tertiary/aromatic N) is 4. The minimum Gasteiger partial charge on any atom is -0.464 e. The first-order valence-corrected chi connectivity index (χ1v) is 9.72. The zero-order valence-corrected chi connectivity index (χ0v) is 17.4. The van der Waals surface area contributed by atoms with Crippen LogP contribution in [0.5, 0.6) is 0 Å². The molecule has 0 N–H and O–H groups in total. The van der Waals surface area contributed by atoms with Crippen LogP contribution in [0, 0.1) is 12.8 Å². The number of benzene rings is 1. The average molecular weight is 398 g/mol. The van der Waals surface area contributed by atoms with Crippen LogP contribution in [0.3, 0.4) is 0 Å². The summed E-state index contributed by atoms with van der Waals surface area (Å²) >= 11 is 0. The van der Waals surface area contributed by atoms with Gasteiger partial charge >= 0.3 is 11.7 Å². The molecule has 154 valence electrons. The molecular formula is C21H26N4O4. The topological polar surface area (TPSA) is 88.1 Å². The molecule has 3 aromatic rings. The number of para-hydroxylation sites is 1. The molecule has 0 spiro atoms. The molecule has 0 radical (unpaired) electrons. The van der Waals surface area contributed by atoms with Crippen LogP contribution in [0.2, 0.25) is 0 Å². The van der Waals surface area contributed by atoms with Gasteiger partial charge in [0.15, 0.2) is 11.2 Å². The zero-order chi connectivity index (χ0) is 21.3. The Labute approximate surface area is 168 Å². The van der Waals surface area contributed by atoms with Crippen molar-refractivity contribution < 1.29 is 9.53 Å². The smallest absolute Gasteiger partial charge is 0.337 e. The first-order valence-electron chi connectivity index (χ1n) is 9.72. The molecule has 1 atom stereocenters. The largest absolute Gasteiger partial charge is 0.464 e. The quantitative estimate of drug-likeness (QED) is 0.595. The van der Waals surface area contributed by atoms with E-state index in [0.29, 0.717) is 5.69 Å². The van der Waals surface area contributed by atoms with Crippen molar-refractivity contribution in [1.29, 1.82) is 0 Å². The number of rotatable bonds is 6. The van der Waals surface area contributed by atoms with Gasteiger partial charge < -0.3 is 9.30 Å². The van der Waals surface area contributed by atoms with Crippen molar-refractivity contribution in [2.45, 2.75) is 47.2 Å². The fraction of sp³-hybridized carbons (Fsp3) is 0.429. The van der Waals surface area contributed by atoms with Crippen molar-refractivity contribution >= 4 is 17.1 Å². The highest BCUT2D eigenvalue weighted by Crippen LogP contribution is 2.19. The van der Waals surface area contributed by atoms with Crippen LogP contribution in [0.25, 0.3) is 16.9 Å². The Hall–Kier alpha value is -3.16. The maximum absolute atomic E-state index is 13.3. The van der Waals surface area contributed by atoms with Crippen molar-refractivity contribution in [3.05, 3.63) is 57.0 Å². The maximum Gasteiger partial charge on any atom is 0.337 e. The Bertz CT molecular complexity index is 1170. The Morgan fingerprint density at radius 3 is 2.48 bits per heavy atom. The summed E-state index contributed by atoms with van der Waals surface area (Å²) in [4.78, 5) is 43.2. The number of carbonyl (C=O) groups is 1. The lowest BCUT2D eigenvalue weighted by Gasteiger charge is -2.17. The summed E-state index contributed by atoms with van der Waals surface area (Å²) in [5.41, 5.74) is 1.05. The molecule has 8 nitrogen and oxygen atoms in total. The van der Waals surface area contributed by atoms with Crippen LogP contribution in [-0.4, -0.2) is 31.3 Å². The summed E-state index contributed by atoms with van der Waals surface area (Å²) in [6.07, 6.45) is 1.42. The number of aryl methyl sites for hydroxylation is 1. The van der Waals surface area contributed by atoms with E-state index < -0.39 is 23.3 Å². The maximum atomic E-state index is 13.3. The van der Waals surface area contributed by atoms with Gasteiger partial charge in [0.05, 0.1) is 18.6 Å². The summed E-state index contributed by atoms with van der Waals surface area (Å²) in [6, 6.07) is 6.67. The van der Waals surface area contributed by atoms with E-state index in [0.717, 1.165) is 5.56 Å². The van der Waals surface area contributed by atoms with Gasteiger partial charge in [0, 0.05) is 6.54 Å². The third-order valence-corrected chi connectivity index (χ3v) is 4.81. The standard InChI is InChI=1S/C21H26N4O4/c1-6-29-20(27)15(5)24-12-22-18-17(24)19(26)23(11-13(2)3)21(28)25(18)16-10-8-7-9-14(16)4/h7-10,12-13,15H,6,11H2,1-5H3. The lowest BCUT2D eigenvalue weighted by atomic mass is 10.2. The number of ether oxygens (including phenoxy) is 1. The van der Waals surface area contributed by atoms with Crippen LogP contribution in [0.1, 0.15) is 39.3 Å². The number of esters is 1. The van der Waals surface area contributed by atoms with E-state index in [1.54, 1.807) is 13.8 Å². The Balaban J connectivity index is 2.40. The molecule has 2 aromatic heterocycles. The second-order valence-electron chi connectivity index (χ2n) is 7.47. The Kier molecular flexibility index (Phi) is 5.72. The fourth-order valence-corrected chi connectivity index (χ4v) is 3.37. The second kappa shape index (κ2) is 8.06. The molecule has 0 amide bonds. The number of aromatic nitrogens is 4. The molecule has 8 heteroatoms. The van der Waals surface area contributed by atoms with Crippen LogP contribution < -0.4 is 11.2 Å². The Morgan fingerprint density at radius 2 is 1.86 bits per heavy atom. The number of hydrogen-bond acceptors (Lipinski definition) is 5. The molecule has 0 aliphatic carbocycles. The van der Waals surface area contributed by atoms with Gasteiger partial charge in [0.1, 0.15) is 6.04 Å². The minimum atomic E-state index is -0.747. The molecule has 29 heavy (non-hydrogen) atoms. The minimum absolute atomic E-state index is 0.0852. The van der Waals surface area contributed by atoms with E-state index >= 15 is 0 Å². The molecule has 0 saturated carbocycles. The lowest BCUT2D eigenvalue weighted by Crippen LogP contribution is -2.41. The SMILES string of the molecule is CCOC(=O)C(C)n1cnc2c1c(=O)n(CC(C)C)c(=O)n2-c1ccccc1C. The normalized spacial score (nSPS) is 12.5. The summed E-state index contributed by atoms with van der Waals surface area (Å²) in [7, 11) is 0. The third-order valence-electron chi connectivity index (χ3n) is 4.81. The molecular weight excluding hydrogens is 372 g/mol. The lowest BCUT2D eigenvalue weighted by molar-refractivity contribution is -0.146. The average Bonchev–Trinajstić information content (AvgIpc) is 3.11. The fourth-order valence-electron chi connectivity index (χ4n) is 3.37. The summed E-state index contributed by atoms with van der Waals surface area (Å²) < 4.78 is 9.26. The van der Waals surface area contributed by atoms with E-state index in [9.17, 15) is 14.4 Å². The Morgan fingerprint density at radius 1 is 1.17 bits per heavy atom. The third kappa shape index (κ3) is 3.62. The predicted molar refractivity (Wildman–Crippen MR) is 111 cm³/mol. The highest BCUT2D eigenvalue weighted by molar-refractivity contribution is 5.79. The molecule has 0 fully saturated rings. The van der Waals surface area contributed by atoms with E-state index in [4.69, 9.17) is 4.74 Å². The molecule has 0 saturated heterocycles. The molecule has 0 bridgehead atoms. The van der Waals surface area contributed by atoms with Gasteiger partial charge in [-0.3, -0.25) is 9.36 Å². The first kappa shape index (κ1) is 20.6. The van der Waals surface area contributed by atoms with Crippen molar-refractivity contribution in [3.63, 3.8) is 0 Å². The van der Waals surface area contributed by atoms with Gasteiger partial charge in [-0.15, -0.1) is 0 Å². The predicted octanol–water partition coefficient (Wildman–Crippen LogP) is 2.44. The van der Waals surface area contributed by atoms with Crippen molar-refractivity contribution in [1.82, 2.24) is 18.7 Å². The highest BCUT2D eigenvalue weighted by atomic mass is 16.5. The van der Waals surface area contributed by atoms with Gasteiger partial charge in [-0.05, 0) is 38.3 Å². The summed E-state index contributed by atoms with van der Waals surface area (Å²) in [5.74, 6) is -0.378. The van der Waals surface area contributed by atoms with Gasteiger partial charge in [0.2, 0.25) is 0 Å². The van der Waals surface area contributed by atoms with E-state index in [1.165, 1.54) is 20.0 Å². The van der Waals surface area contributed by atoms with E-state index in [2.05, 4.69) is 4.98 Å². The first-order chi connectivity index (χ1) is 13.8. The van der Waals surface area contributed by atoms with Gasteiger partial charge in [0.25, 0.3) is 5.56 Å². The molecule has 0 aliphatic heterocycles.